The van der Waals surface area contributed by atoms with E-state index < -0.39 is 0 Å². The first-order chi connectivity index (χ1) is 11.5. The molecule has 0 atom stereocenters. The van der Waals surface area contributed by atoms with E-state index in [-0.39, 0.29) is 0 Å². The van der Waals surface area contributed by atoms with Gasteiger partial charge in [-0.1, -0.05) is 50.1 Å². The molecule has 1 nitrogen and oxygen atoms in total. The molecule has 1 N–H and O–H groups in total. The quantitative estimate of drug-likeness (QED) is 0.603. The smallest absolute Gasteiger partial charge is 0.0370 e. The van der Waals surface area contributed by atoms with Crippen molar-refractivity contribution < 1.29 is 0 Å². The fraction of sp³-hybridized carbons (Fsp3) is 0.478. The molecule has 130 valence electrons. The average molecular weight is 324 g/mol. The summed E-state index contributed by atoms with van der Waals surface area (Å²) in [6.45, 7) is 13.8. The molecule has 1 aliphatic rings. The van der Waals surface area contributed by atoms with E-state index in [0.29, 0.717) is 0 Å². The SMILES string of the molecule is C=C(C)/C(=C\C(=C/C)c1ccc(C)c(C)c1)NCC1CCCCC1. The highest BCUT2D eigenvalue weighted by Crippen LogP contribution is 2.25. The number of nitrogens with one attached hydrogen (secondary N) is 1. The topological polar surface area (TPSA) is 12.0 Å². The number of rotatable bonds is 6. The highest BCUT2D eigenvalue weighted by molar-refractivity contribution is 5.75. The lowest BCUT2D eigenvalue weighted by atomic mass is 9.89. The summed E-state index contributed by atoms with van der Waals surface area (Å²) in [5.41, 5.74) is 7.49. The molecular weight excluding hydrogens is 290 g/mol. The zero-order valence-corrected chi connectivity index (χ0v) is 15.9. The van der Waals surface area contributed by atoms with Crippen molar-refractivity contribution in [3.05, 3.63) is 64.9 Å². The van der Waals surface area contributed by atoms with Crippen LogP contribution in [0.15, 0.2) is 48.2 Å². The van der Waals surface area contributed by atoms with E-state index in [1.54, 1.807) is 0 Å². The molecular formula is C23H33N. The number of hydrogen-bond acceptors (Lipinski definition) is 1. The summed E-state index contributed by atoms with van der Waals surface area (Å²) in [4.78, 5) is 0. The third-order valence-corrected chi connectivity index (χ3v) is 5.22. The van der Waals surface area contributed by atoms with Crippen LogP contribution in [0.4, 0.5) is 0 Å². The van der Waals surface area contributed by atoms with E-state index in [2.05, 4.69) is 69.9 Å². The predicted molar refractivity (Wildman–Crippen MR) is 107 cm³/mol. The van der Waals surface area contributed by atoms with E-state index in [1.807, 2.05) is 0 Å². The second-order valence-corrected chi connectivity index (χ2v) is 7.27. The highest BCUT2D eigenvalue weighted by Gasteiger charge is 2.13. The molecule has 1 saturated carbocycles. The van der Waals surface area contributed by atoms with Crippen molar-refractivity contribution in [2.45, 2.75) is 59.8 Å². The first-order valence-corrected chi connectivity index (χ1v) is 9.36. The molecule has 0 aromatic heterocycles. The predicted octanol–water partition coefficient (Wildman–Crippen LogP) is 6.34. The first-order valence-electron chi connectivity index (χ1n) is 9.36. The second kappa shape index (κ2) is 8.92. The summed E-state index contributed by atoms with van der Waals surface area (Å²) >= 11 is 0. The van der Waals surface area contributed by atoms with Crippen molar-refractivity contribution in [2.75, 3.05) is 6.54 Å². The lowest BCUT2D eigenvalue weighted by Crippen LogP contribution is -2.24. The number of benzene rings is 1. The Morgan fingerprint density at radius 3 is 2.46 bits per heavy atom. The summed E-state index contributed by atoms with van der Waals surface area (Å²) in [6, 6.07) is 6.70. The van der Waals surface area contributed by atoms with Crippen LogP contribution in [0.2, 0.25) is 0 Å². The van der Waals surface area contributed by atoms with Gasteiger partial charge in [-0.2, -0.15) is 0 Å². The molecule has 1 aliphatic carbocycles. The van der Waals surface area contributed by atoms with Gasteiger partial charge in [0.25, 0.3) is 0 Å². The summed E-state index contributed by atoms with van der Waals surface area (Å²) in [7, 11) is 0. The van der Waals surface area contributed by atoms with Crippen LogP contribution in [-0.2, 0) is 0 Å². The van der Waals surface area contributed by atoms with E-state index in [9.17, 15) is 0 Å². The van der Waals surface area contributed by atoms with Gasteiger partial charge in [0.2, 0.25) is 0 Å². The van der Waals surface area contributed by atoms with Crippen LogP contribution in [0.25, 0.3) is 5.57 Å². The first kappa shape index (κ1) is 18.6. The summed E-state index contributed by atoms with van der Waals surface area (Å²) < 4.78 is 0. The van der Waals surface area contributed by atoms with Gasteiger partial charge in [0, 0.05) is 12.2 Å². The number of allylic oxidation sites excluding steroid dienone is 4. The second-order valence-electron chi connectivity index (χ2n) is 7.27. The van der Waals surface area contributed by atoms with Crippen LogP contribution < -0.4 is 5.32 Å². The minimum Gasteiger partial charge on any atom is -0.385 e. The number of hydrogen-bond donors (Lipinski definition) is 1. The highest BCUT2D eigenvalue weighted by atomic mass is 14.9. The standard InChI is InChI=1S/C23H33N/c1-6-21(22-13-12-18(4)19(5)14-22)15-23(17(2)3)24-16-20-10-8-7-9-11-20/h6,12-15,20,24H,2,7-11,16H2,1,3-5H3/b21-6+,23-15+. The molecule has 1 aromatic rings. The van der Waals surface area contributed by atoms with Gasteiger partial charge in [-0.15, -0.1) is 0 Å². The summed E-state index contributed by atoms with van der Waals surface area (Å²) in [5, 5.41) is 3.67. The van der Waals surface area contributed by atoms with Crippen LogP contribution in [-0.4, -0.2) is 6.54 Å². The van der Waals surface area contributed by atoms with E-state index in [1.165, 1.54) is 60.1 Å². The fourth-order valence-corrected chi connectivity index (χ4v) is 3.38. The van der Waals surface area contributed by atoms with Gasteiger partial charge < -0.3 is 5.32 Å². The average Bonchev–Trinajstić information content (AvgIpc) is 2.58. The Morgan fingerprint density at radius 2 is 1.88 bits per heavy atom. The minimum absolute atomic E-state index is 0.817. The molecule has 0 saturated heterocycles. The van der Waals surface area contributed by atoms with E-state index >= 15 is 0 Å². The van der Waals surface area contributed by atoms with Gasteiger partial charge in [0.1, 0.15) is 0 Å². The largest absolute Gasteiger partial charge is 0.385 e. The van der Waals surface area contributed by atoms with Crippen molar-refractivity contribution >= 4 is 5.57 Å². The Balaban J connectivity index is 2.14. The Kier molecular flexibility index (Phi) is 6.90. The van der Waals surface area contributed by atoms with Gasteiger partial charge in [0.05, 0.1) is 0 Å². The Morgan fingerprint density at radius 1 is 1.17 bits per heavy atom. The third kappa shape index (κ3) is 5.12. The van der Waals surface area contributed by atoms with Crippen molar-refractivity contribution in [3.8, 4) is 0 Å². The van der Waals surface area contributed by atoms with Crippen molar-refractivity contribution in [1.29, 1.82) is 0 Å². The molecule has 0 unspecified atom stereocenters. The van der Waals surface area contributed by atoms with E-state index in [0.717, 1.165) is 18.0 Å². The van der Waals surface area contributed by atoms with Crippen molar-refractivity contribution in [1.82, 2.24) is 5.32 Å². The van der Waals surface area contributed by atoms with Crippen LogP contribution in [0.3, 0.4) is 0 Å². The monoisotopic (exact) mass is 323 g/mol. The molecule has 1 heteroatoms. The van der Waals surface area contributed by atoms with Crippen molar-refractivity contribution in [2.24, 2.45) is 5.92 Å². The molecule has 1 fully saturated rings. The lowest BCUT2D eigenvalue weighted by Gasteiger charge is -2.23. The zero-order valence-electron chi connectivity index (χ0n) is 15.9. The van der Waals surface area contributed by atoms with Gasteiger partial charge in [0.15, 0.2) is 0 Å². The third-order valence-electron chi connectivity index (χ3n) is 5.22. The molecule has 1 aromatic carbocycles. The number of aryl methyl sites for hydroxylation is 2. The van der Waals surface area contributed by atoms with Gasteiger partial charge in [-0.25, -0.2) is 0 Å². The normalized spacial score (nSPS) is 17.0. The van der Waals surface area contributed by atoms with Crippen LogP contribution in [0, 0.1) is 19.8 Å². The van der Waals surface area contributed by atoms with Crippen molar-refractivity contribution in [3.63, 3.8) is 0 Å². The molecule has 24 heavy (non-hydrogen) atoms. The van der Waals surface area contributed by atoms with Gasteiger partial charge in [-0.05, 0) is 80.4 Å². The Hall–Kier alpha value is -1.76. The van der Waals surface area contributed by atoms with Gasteiger partial charge in [-0.3, -0.25) is 0 Å². The molecule has 0 heterocycles. The zero-order chi connectivity index (χ0) is 17.5. The Labute approximate surface area is 148 Å². The maximum absolute atomic E-state index is 4.17. The summed E-state index contributed by atoms with van der Waals surface area (Å²) in [5.74, 6) is 0.817. The molecule has 0 bridgehead atoms. The molecule has 0 amide bonds. The molecule has 0 spiro atoms. The fourth-order valence-electron chi connectivity index (χ4n) is 3.38. The maximum Gasteiger partial charge on any atom is 0.0370 e. The van der Waals surface area contributed by atoms with E-state index in [4.69, 9.17) is 0 Å². The Bertz CT molecular complexity index is 627. The molecule has 0 aliphatic heterocycles. The lowest BCUT2D eigenvalue weighted by molar-refractivity contribution is 0.351. The maximum atomic E-state index is 4.17. The minimum atomic E-state index is 0.817. The van der Waals surface area contributed by atoms with Crippen LogP contribution in [0.1, 0.15) is 62.6 Å². The van der Waals surface area contributed by atoms with Gasteiger partial charge >= 0.3 is 0 Å². The molecule has 2 rings (SSSR count). The molecule has 0 radical (unpaired) electrons. The van der Waals surface area contributed by atoms with Crippen LogP contribution in [0.5, 0.6) is 0 Å². The summed E-state index contributed by atoms with van der Waals surface area (Å²) in [6.07, 6.45) is 11.4. The van der Waals surface area contributed by atoms with Crippen LogP contribution >= 0.6 is 0 Å².